The second-order valence-electron chi connectivity index (χ2n) is 8.18. The number of hydrogen-bond acceptors (Lipinski definition) is 6. The molecule has 0 spiro atoms. The minimum atomic E-state index is -3.07. The molecule has 0 N–H and O–H groups in total. The largest absolute Gasteiger partial charge is 0.461 e. The van der Waals surface area contributed by atoms with E-state index < -0.39 is 15.5 Å². The maximum atomic E-state index is 12.6. The van der Waals surface area contributed by atoms with Gasteiger partial charge in [-0.25, -0.2) is 13.2 Å². The lowest BCUT2D eigenvalue weighted by atomic mass is 10.00. The lowest BCUT2D eigenvalue weighted by Gasteiger charge is -2.23. The number of rotatable bonds is 4. The van der Waals surface area contributed by atoms with Gasteiger partial charge in [0.15, 0.2) is 9.84 Å². The first-order valence-corrected chi connectivity index (χ1v) is 11.8. The fraction of sp³-hybridized carbons (Fsp3) is 0.455. The Hall–Kier alpha value is -2.61. The van der Waals surface area contributed by atoms with Gasteiger partial charge in [-0.3, -0.25) is 4.79 Å². The molecule has 4 rings (SSSR count). The van der Waals surface area contributed by atoms with Crippen LogP contribution in [-0.4, -0.2) is 43.8 Å². The maximum absolute atomic E-state index is 12.6. The molecule has 1 amide bonds. The Bertz CT molecular complexity index is 1330. The highest BCUT2D eigenvalue weighted by molar-refractivity contribution is 7.91. The molecular formula is C22H25NO6S. The van der Waals surface area contributed by atoms with Crippen LogP contribution >= 0.6 is 0 Å². The molecule has 1 aliphatic heterocycles. The molecule has 1 atom stereocenters. The van der Waals surface area contributed by atoms with Crippen molar-refractivity contribution in [2.24, 2.45) is 0 Å². The first kappa shape index (κ1) is 20.7. The number of furan rings is 1. The van der Waals surface area contributed by atoms with E-state index in [4.69, 9.17) is 8.83 Å². The number of carbonyl (C=O) groups excluding carboxylic acids is 1. The van der Waals surface area contributed by atoms with Crippen LogP contribution in [0.3, 0.4) is 0 Å². The fourth-order valence-corrected chi connectivity index (χ4v) is 5.98. The predicted molar refractivity (Wildman–Crippen MR) is 115 cm³/mol. The summed E-state index contributed by atoms with van der Waals surface area (Å²) in [6.07, 6.45) is 0.825. The number of hydrogen-bond donors (Lipinski definition) is 0. The Morgan fingerprint density at radius 2 is 1.77 bits per heavy atom. The van der Waals surface area contributed by atoms with Crippen LogP contribution < -0.4 is 5.63 Å². The highest BCUT2D eigenvalue weighted by Crippen LogP contribution is 2.31. The van der Waals surface area contributed by atoms with Gasteiger partial charge in [0, 0.05) is 41.9 Å². The molecule has 0 radical (unpaired) electrons. The van der Waals surface area contributed by atoms with E-state index in [1.54, 1.807) is 13.1 Å². The Kier molecular flexibility index (Phi) is 5.00. The molecule has 1 aliphatic rings. The highest BCUT2D eigenvalue weighted by atomic mass is 32.2. The monoisotopic (exact) mass is 431 g/mol. The fourth-order valence-electron chi connectivity index (χ4n) is 4.21. The summed E-state index contributed by atoms with van der Waals surface area (Å²) in [4.78, 5) is 26.7. The van der Waals surface area contributed by atoms with E-state index in [-0.39, 0.29) is 36.3 Å². The third-order valence-electron chi connectivity index (χ3n) is 6.32. The number of sulfone groups is 1. The van der Waals surface area contributed by atoms with Crippen LogP contribution in [0.1, 0.15) is 35.3 Å². The molecule has 3 heterocycles. The molecule has 160 valence electrons. The van der Waals surface area contributed by atoms with Crippen molar-refractivity contribution in [2.75, 3.05) is 18.6 Å². The number of nitrogens with zero attached hydrogens (tertiary/aromatic N) is 1. The van der Waals surface area contributed by atoms with Crippen LogP contribution in [0, 0.1) is 20.8 Å². The van der Waals surface area contributed by atoms with Gasteiger partial charge >= 0.3 is 5.63 Å². The second kappa shape index (κ2) is 7.27. The van der Waals surface area contributed by atoms with E-state index in [1.165, 1.54) is 4.90 Å². The molecular weight excluding hydrogens is 406 g/mol. The molecule has 0 aliphatic carbocycles. The number of amides is 1. The first-order chi connectivity index (χ1) is 14.1. The van der Waals surface area contributed by atoms with Crippen molar-refractivity contribution in [3.8, 4) is 0 Å². The van der Waals surface area contributed by atoms with Gasteiger partial charge < -0.3 is 13.7 Å². The van der Waals surface area contributed by atoms with Gasteiger partial charge in [0.1, 0.15) is 16.9 Å². The predicted octanol–water partition coefficient (Wildman–Crippen LogP) is 3.04. The molecule has 1 aromatic carbocycles. The Morgan fingerprint density at radius 3 is 2.43 bits per heavy atom. The smallest absolute Gasteiger partial charge is 0.339 e. The SMILES string of the molecule is Cc1oc2cc3oc(=O)c(CCC(=O)N(C)[C@@H]4CCS(=O)(=O)C4)c(C)c3cc2c1C. The van der Waals surface area contributed by atoms with E-state index >= 15 is 0 Å². The van der Waals surface area contributed by atoms with Gasteiger partial charge in [0.25, 0.3) is 0 Å². The normalized spacial score (nSPS) is 18.3. The molecule has 3 aromatic rings. The van der Waals surface area contributed by atoms with Crippen LogP contribution in [0.4, 0.5) is 0 Å². The number of carbonyl (C=O) groups is 1. The summed E-state index contributed by atoms with van der Waals surface area (Å²) in [5.74, 6) is 0.770. The maximum Gasteiger partial charge on any atom is 0.339 e. The lowest BCUT2D eigenvalue weighted by Crippen LogP contribution is -2.38. The van der Waals surface area contributed by atoms with Crippen molar-refractivity contribution < 1.29 is 22.0 Å². The van der Waals surface area contributed by atoms with E-state index in [0.717, 1.165) is 27.7 Å². The third kappa shape index (κ3) is 3.53. The average molecular weight is 432 g/mol. The van der Waals surface area contributed by atoms with Crippen molar-refractivity contribution >= 4 is 37.7 Å². The molecule has 0 saturated carbocycles. The summed E-state index contributed by atoms with van der Waals surface area (Å²) in [6.45, 7) is 5.74. The first-order valence-electron chi connectivity index (χ1n) is 9.99. The standard InChI is InChI=1S/C22H25NO6S/c1-12-14(3)28-19-10-20-18(9-17(12)19)13(2)16(22(25)29-20)5-6-21(24)23(4)15-7-8-30(26,27)11-15/h9-10,15H,5-8,11H2,1-4H3/t15-/m1/s1. The minimum Gasteiger partial charge on any atom is -0.461 e. The summed E-state index contributed by atoms with van der Waals surface area (Å²) in [6, 6.07) is 3.41. The van der Waals surface area contributed by atoms with Crippen molar-refractivity contribution in [3.63, 3.8) is 0 Å². The summed E-state index contributed by atoms with van der Waals surface area (Å²) in [5, 5.41) is 1.80. The number of benzene rings is 1. The summed E-state index contributed by atoms with van der Waals surface area (Å²) in [5.41, 5.74) is 2.99. The summed E-state index contributed by atoms with van der Waals surface area (Å²) < 4.78 is 34.6. The van der Waals surface area contributed by atoms with E-state index in [0.29, 0.717) is 23.2 Å². The minimum absolute atomic E-state index is 0.00580. The quantitative estimate of drug-likeness (QED) is 0.589. The second-order valence-corrected chi connectivity index (χ2v) is 10.4. The van der Waals surface area contributed by atoms with E-state index in [2.05, 4.69) is 0 Å². The Morgan fingerprint density at radius 1 is 1.10 bits per heavy atom. The topological polar surface area (TPSA) is 97.8 Å². The Labute approximate surface area is 174 Å². The van der Waals surface area contributed by atoms with Gasteiger partial charge in [-0.1, -0.05) is 0 Å². The molecule has 0 unspecified atom stereocenters. The number of fused-ring (bicyclic) bond motifs is 2. The Balaban J connectivity index is 1.61. The molecule has 7 nitrogen and oxygen atoms in total. The zero-order chi connectivity index (χ0) is 21.8. The van der Waals surface area contributed by atoms with Gasteiger partial charge in [0.2, 0.25) is 5.91 Å². The molecule has 8 heteroatoms. The van der Waals surface area contributed by atoms with Crippen molar-refractivity contribution in [1.29, 1.82) is 0 Å². The molecule has 0 bridgehead atoms. The highest BCUT2D eigenvalue weighted by Gasteiger charge is 2.32. The van der Waals surface area contributed by atoms with Crippen LogP contribution in [0.15, 0.2) is 25.8 Å². The van der Waals surface area contributed by atoms with Gasteiger partial charge in [0.05, 0.1) is 11.5 Å². The molecule has 1 saturated heterocycles. The lowest BCUT2D eigenvalue weighted by molar-refractivity contribution is -0.131. The van der Waals surface area contributed by atoms with E-state index in [9.17, 15) is 18.0 Å². The van der Waals surface area contributed by atoms with Crippen LogP contribution in [0.5, 0.6) is 0 Å². The zero-order valence-electron chi connectivity index (χ0n) is 17.6. The molecule has 1 fully saturated rings. The van der Waals surface area contributed by atoms with Crippen LogP contribution in [-0.2, 0) is 21.1 Å². The summed E-state index contributed by atoms with van der Waals surface area (Å²) >= 11 is 0. The van der Waals surface area contributed by atoms with Gasteiger partial charge in [-0.15, -0.1) is 0 Å². The average Bonchev–Trinajstić information content (AvgIpc) is 3.18. The van der Waals surface area contributed by atoms with Gasteiger partial charge in [-0.2, -0.15) is 0 Å². The molecule has 2 aromatic heterocycles. The molecule has 30 heavy (non-hydrogen) atoms. The number of aryl methyl sites for hydroxylation is 3. The third-order valence-corrected chi connectivity index (χ3v) is 8.07. The van der Waals surface area contributed by atoms with Crippen LogP contribution in [0.25, 0.3) is 21.9 Å². The van der Waals surface area contributed by atoms with Crippen molar-refractivity contribution in [1.82, 2.24) is 4.90 Å². The van der Waals surface area contributed by atoms with Crippen LogP contribution in [0.2, 0.25) is 0 Å². The van der Waals surface area contributed by atoms with E-state index in [1.807, 2.05) is 26.8 Å². The zero-order valence-corrected chi connectivity index (χ0v) is 18.4. The van der Waals surface area contributed by atoms with Crippen molar-refractivity contribution in [3.05, 3.63) is 45.0 Å². The van der Waals surface area contributed by atoms with Crippen molar-refractivity contribution in [2.45, 2.75) is 46.1 Å². The van der Waals surface area contributed by atoms with Gasteiger partial charge in [-0.05, 0) is 50.8 Å². The summed E-state index contributed by atoms with van der Waals surface area (Å²) in [7, 11) is -1.44.